The van der Waals surface area contributed by atoms with Crippen LogP contribution in [-0.4, -0.2) is 92.7 Å². The van der Waals surface area contributed by atoms with Crippen LogP contribution in [0.3, 0.4) is 0 Å². The van der Waals surface area contributed by atoms with Gasteiger partial charge in [0.15, 0.2) is 0 Å². The first-order valence-electron chi connectivity index (χ1n) is 21.3. The molecule has 13 nitrogen and oxygen atoms in total. The Balaban J connectivity index is 1.25. The van der Waals surface area contributed by atoms with E-state index < -0.39 is 29.6 Å². The zero-order chi connectivity index (χ0) is 42.5. The molecule has 9 atom stereocenters. The summed E-state index contributed by atoms with van der Waals surface area (Å²) in [6, 6.07) is 8.63. The number of methoxy groups -OCH3 is 1. The maximum absolute atomic E-state index is 14.8. The van der Waals surface area contributed by atoms with E-state index in [0.717, 1.165) is 51.2 Å². The van der Waals surface area contributed by atoms with Gasteiger partial charge in [0.05, 0.1) is 41.3 Å². The second kappa shape index (κ2) is 17.3. The third-order valence-corrected chi connectivity index (χ3v) is 14.4. The van der Waals surface area contributed by atoms with Gasteiger partial charge in [-0.15, -0.1) is 23.1 Å². The molecule has 3 aliphatic heterocycles. The molecule has 1 aliphatic carbocycles. The molecule has 2 amide bonds. The fraction of sp³-hybridized carbons (Fsp3) is 0.556. The lowest BCUT2D eigenvalue weighted by Gasteiger charge is -2.37. The van der Waals surface area contributed by atoms with Crippen LogP contribution in [0.15, 0.2) is 52.4 Å². The molecule has 4 aliphatic rings. The first-order valence-corrected chi connectivity index (χ1v) is 23.1. The lowest BCUT2D eigenvalue weighted by molar-refractivity contribution is -0.156. The third kappa shape index (κ3) is 8.03. The van der Waals surface area contributed by atoms with Crippen LogP contribution in [0.1, 0.15) is 102 Å². The van der Waals surface area contributed by atoms with Crippen molar-refractivity contribution in [3.63, 3.8) is 0 Å². The van der Waals surface area contributed by atoms with Gasteiger partial charge in [0, 0.05) is 77.4 Å². The number of esters is 1. The third-order valence-electron chi connectivity index (χ3n) is 12.6. The number of thiazole rings is 1. The molecule has 4 aromatic rings. The summed E-state index contributed by atoms with van der Waals surface area (Å²) in [5.41, 5.74) is 11.6. The highest BCUT2D eigenvalue weighted by atomic mass is 32.2. The van der Waals surface area contributed by atoms with Crippen LogP contribution in [0, 0.1) is 17.3 Å². The summed E-state index contributed by atoms with van der Waals surface area (Å²) in [5, 5.41) is 8.38. The average molecular weight is 856 g/mol. The first kappa shape index (κ1) is 42.5. The SMILES string of the molecule is CCO[C@@H]1C2=NC(c3ccc4c(c3)c(c(-c3cccnc3[C@H](C)OC)n4CC)CC(C)(C)COC(=O)[C@@H]3CCCN(N3)C(=O)[C@H]1NC(=O)[C@@H]1[C@@H](C)[C@H]1c1cscn1)C(C)S2. The predicted octanol–water partition coefficient (Wildman–Crippen LogP) is 7.02. The summed E-state index contributed by atoms with van der Waals surface area (Å²) in [6.07, 6.45) is 2.41. The molecule has 2 unspecified atom stereocenters. The lowest BCUT2D eigenvalue weighted by Crippen LogP contribution is -2.63. The molecule has 320 valence electrons. The number of nitrogens with zero attached hydrogens (tertiary/aromatic N) is 5. The monoisotopic (exact) mass is 855 g/mol. The molecule has 2 N–H and O–H groups in total. The van der Waals surface area contributed by atoms with E-state index in [1.807, 2.05) is 38.4 Å². The fourth-order valence-corrected chi connectivity index (χ4v) is 11.2. The largest absolute Gasteiger partial charge is 0.464 e. The predicted molar refractivity (Wildman–Crippen MR) is 235 cm³/mol. The molecule has 0 spiro atoms. The number of carbonyl (C=O) groups is 3. The molecule has 6 heterocycles. The van der Waals surface area contributed by atoms with E-state index in [2.05, 4.69) is 72.3 Å². The lowest BCUT2D eigenvalue weighted by atomic mass is 9.84. The van der Waals surface area contributed by atoms with Crippen LogP contribution in [0.5, 0.6) is 0 Å². The highest BCUT2D eigenvalue weighted by molar-refractivity contribution is 8.14. The molecule has 2 fully saturated rings. The van der Waals surface area contributed by atoms with Crippen LogP contribution in [0.25, 0.3) is 22.2 Å². The quantitative estimate of drug-likeness (QED) is 0.168. The van der Waals surface area contributed by atoms with E-state index in [9.17, 15) is 14.4 Å². The zero-order valence-corrected chi connectivity index (χ0v) is 37.4. The van der Waals surface area contributed by atoms with Gasteiger partial charge in [-0.2, -0.15) is 0 Å². The number of cyclic esters (lactones) is 1. The molecule has 6 bridgehead atoms. The van der Waals surface area contributed by atoms with E-state index in [-0.39, 0.29) is 53.6 Å². The minimum absolute atomic E-state index is 0.00931. The Morgan fingerprint density at radius 2 is 1.98 bits per heavy atom. The Hall–Kier alpha value is -4.15. The second-order valence-electron chi connectivity index (χ2n) is 17.3. The van der Waals surface area contributed by atoms with Crippen LogP contribution in [0.2, 0.25) is 0 Å². The Kier molecular flexibility index (Phi) is 12.3. The number of hydrogen-bond donors (Lipinski definition) is 2. The van der Waals surface area contributed by atoms with Crippen molar-refractivity contribution in [1.82, 2.24) is 30.3 Å². The number of nitrogens with one attached hydrogen (secondary N) is 2. The number of carbonyl (C=O) groups excluding carboxylic acids is 3. The van der Waals surface area contributed by atoms with Gasteiger partial charge in [-0.25, -0.2) is 10.4 Å². The number of rotatable bonds is 9. The number of aromatic nitrogens is 3. The van der Waals surface area contributed by atoms with Crippen LogP contribution in [0.4, 0.5) is 0 Å². The summed E-state index contributed by atoms with van der Waals surface area (Å²) < 4.78 is 20.8. The Labute approximate surface area is 360 Å². The van der Waals surface area contributed by atoms with E-state index in [0.29, 0.717) is 37.5 Å². The van der Waals surface area contributed by atoms with Gasteiger partial charge in [-0.1, -0.05) is 33.8 Å². The van der Waals surface area contributed by atoms with Crippen molar-refractivity contribution in [2.24, 2.45) is 22.2 Å². The molecule has 1 saturated carbocycles. The Bertz CT molecular complexity index is 2280. The number of hydrazine groups is 1. The zero-order valence-electron chi connectivity index (χ0n) is 35.8. The van der Waals surface area contributed by atoms with Gasteiger partial charge in [0.1, 0.15) is 23.2 Å². The van der Waals surface area contributed by atoms with Crippen LogP contribution < -0.4 is 10.7 Å². The average Bonchev–Trinajstić information content (AvgIpc) is 3.60. The number of thioether (sulfide) groups is 1. The van der Waals surface area contributed by atoms with Crippen molar-refractivity contribution < 1.29 is 28.6 Å². The molecule has 3 aromatic heterocycles. The number of pyridine rings is 1. The smallest absolute Gasteiger partial charge is 0.324 e. The summed E-state index contributed by atoms with van der Waals surface area (Å²) in [6.45, 7) is 16.0. The number of amides is 2. The molecule has 1 saturated heterocycles. The standard InChI is InChI=1S/C45H57N7O6S2/c1-9-51-33-16-15-27-19-29(33)30(39(51)28-13-11-17-46-36(28)25(4)56-8)20-45(6,7)22-58-44(55)31-14-12-18-52(50-31)43(54)38(40(57-10-2)42-49-37(27)26(5)60-42)48-41(53)35-24(3)34(35)32-21-59-23-47-32/h11,13,15-17,19,21,23-26,31,34-35,37-38,40,50H,9-10,12,14,18,20,22H2,1-8H3,(H,48,53)/t24-,25-,26?,31-,34-,35+,37?,38-,40-/m0/s1. The molecular formula is C45H57N7O6S2. The van der Waals surface area contributed by atoms with Gasteiger partial charge < -0.3 is 24.1 Å². The van der Waals surface area contributed by atoms with Crippen molar-refractivity contribution in [1.29, 1.82) is 0 Å². The van der Waals surface area contributed by atoms with Crippen LogP contribution in [-0.2, 0) is 41.6 Å². The number of fused-ring (bicyclic) bond motifs is 5. The van der Waals surface area contributed by atoms with Crippen LogP contribution >= 0.6 is 23.1 Å². The number of benzene rings is 1. The minimum Gasteiger partial charge on any atom is -0.464 e. The summed E-state index contributed by atoms with van der Waals surface area (Å²) in [4.78, 5) is 57.6. The van der Waals surface area contributed by atoms with Crippen molar-refractivity contribution in [2.75, 3.05) is 26.9 Å². The van der Waals surface area contributed by atoms with Crippen molar-refractivity contribution >= 4 is 56.8 Å². The van der Waals surface area contributed by atoms with E-state index in [4.69, 9.17) is 24.2 Å². The highest BCUT2D eigenvalue weighted by Crippen LogP contribution is 2.53. The number of ether oxygens (including phenoxy) is 3. The van der Waals surface area contributed by atoms with Gasteiger partial charge in [0.2, 0.25) is 5.91 Å². The van der Waals surface area contributed by atoms with Gasteiger partial charge >= 0.3 is 5.97 Å². The van der Waals surface area contributed by atoms with E-state index >= 15 is 0 Å². The minimum atomic E-state index is -1.10. The topological polar surface area (TPSA) is 149 Å². The van der Waals surface area contributed by atoms with Gasteiger partial charge in [-0.3, -0.25) is 29.4 Å². The Morgan fingerprint density at radius 1 is 1.17 bits per heavy atom. The maximum atomic E-state index is 14.8. The number of aryl methyl sites for hydroxylation is 1. The summed E-state index contributed by atoms with van der Waals surface area (Å²) in [7, 11) is 1.70. The normalized spacial score (nSPS) is 28.5. The van der Waals surface area contributed by atoms with Crippen molar-refractivity contribution in [3.8, 4) is 11.3 Å². The summed E-state index contributed by atoms with van der Waals surface area (Å²) >= 11 is 3.09. The maximum Gasteiger partial charge on any atom is 0.324 e. The first-order chi connectivity index (χ1) is 28.8. The highest BCUT2D eigenvalue weighted by Gasteiger charge is 2.55. The molecular weight excluding hydrogens is 799 g/mol. The fourth-order valence-electron chi connectivity index (χ4n) is 9.40. The van der Waals surface area contributed by atoms with Gasteiger partial charge in [0.25, 0.3) is 5.91 Å². The number of hydrogen-bond acceptors (Lipinski definition) is 12. The molecule has 60 heavy (non-hydrogen) atoms. The second-order valence-corrected chi connectivity index (χ2v) is 19.5. The molecule has 0 radical (unpaired) electrons. The van der Waals surface area contributed by atoms with E-state index in [1.54, 1.807) is 24.4 Å². The molecule has 15 heteroatoms. The Morgan fingerprint density at radius 3 is 2.72 bits per heavy atom. The van der Waals surface area contributed by atoms with Gasteiger partial charge in [-0.05, 0) is 81.3 Å². The molecule has 1 aromatic carbocycles. The van der Waals surface area contributed by atoms with E-state index in [1.165, 1.54) is 16.3 Å². The summed E-state index contributed by atoms with van der Waals surface area (Å²) in [5.74, 6) is -1.30. The molecule has 8 rings (SSSR count). The van der Waals surface area contributed by atoms with Crippen molar-refractivity contribution in [2.45, 2.75) is 116 Å². The number of aliphatic imine (C=N–C) groups is 1. The van der Waals surface area contributed by atoms with Crippen molar-refractivity contribution in [3.05, 3.63) is 69.9 Å².